The van der Waals surface area contributed by atoms with Crippen LogP contribution in [0.4, 0.5) is 0 Å². The minimum absolute atomic E-state index is 0.288. The SMILES string of the molecule is C=O.O=C(O)COc1ccccc1. The van der Waals surface area contributed by atoms with Crippen molar-refractivity contribution in [3.63, 3.8) is 0 Å². The Hall–Kier alpha value is -1.84. The highest BCUT2D eigenvalue weighted by atomic mass is 16.5. The number of aliphatic carboxylic acids is 1. The Kier molecular flexibility index (Phi) is 5.88. The van der Waals surface area contributed by atoms with Gasteiger partial charge in [0.15, 0.2) is 6.61 Å². The number of carboxylic acid groups (broad SMARTS) is 1. The lowest BCUT2D eigenvalue weighted by Gasteiger charge is -2.00. The standard InChI is InChI=1S/C8H8O3.CH2O/c9-8(10)6-11-7-4-2-1-3-5-7;1-2/h1-5H,6H2,(H,9,10);1H2. The maximum Gasteiger partial charge on any atom is 0.341 e. The van der Waals surface area contributed by atoms with E-state index in [1.165, 1.54) is 0 Å². The van der Waals surface area contributed by atoms with Crippen molar-refractivity contribution in [2.45, 2.75) is 0 Å². The van der Waals surface area contributed by atoms with Crippen LogP contribution in [0.3, 0.4) is 0 Å². The first-order chi connectivity index (χ1) is 6.29. The third-order valence-corrected chi connectivity index (χ3v) is 1.11. The van der Waals surface area contributed by atoms with E-state index in [2.05, 4.69) is 0 Å². The van der Waals surface area contributed by atoms with E-state index >= 15 is 0 Å². The summed E-state index contributed by atoms with van der Waals surface area (Å²) in [6.45, 7) is 1.71. The van der Waals surface area contributed by atoms with Crippen LogP contribution >= 0.6 is 0 Å². The van der Waals surface area contributed by atoms with Gasteiger partial charge in [0.05, 0.1) is 0 Å². The van der Waals surface area contributed by atoms with Gasteiger partial charge in [-0.2, -0.15) is 0 Å². The molecular formula is C9H10O4. The van der Waals surface area contributed by atoms with Gasteiger partial charge in [0.25, 0.3) is 0 Å². The second-order valence-corrected chi connectivity index (χ2v) is 2.00. The monoisotopic (exact) mass is 182 g/mol. The molecule has 1 aromatic rings. The molecule has 0 fully saturated rings. The van der Waals surface area contributed by atoms with Crippen LogP contribution in [0.5, 0.6) is 5.75 Å². The van der Waals surface area contributed by atoms with E-state index in [4.69, 9.17) is 14.6 Å². The molecule has 0 aliphatic carbocycles. The molecule has 0 bridgehead atoms. The number of hydrogen-bond acceptors (Lipinski definition) is 3. The van der Waals surface area contributed by atoms with Crippen LogP contribution in [0.2, 0.25) is 0 Å². The maximum atomic E-state index is 10.0. The van der Waals surface area contributed by atoms with Crippen LogP contribution in [-0.4, -0.2) is 24.5 Å². The highest BCUT2D eigenvalue weighted by Gasteiger charge is 1.96. The molecule has 1 N–H and O–H groups in total. The number of benzene rings is 1. The molecule has 0 saturated heterocycles. The van der Waals surface area contributed by atoms with Gasteiger partial charge in [-0.05, 0) is 12.1 Å². The second-order valence-electron chi connectivity index (χ2n) is 2.00. The fourth-order valence-electron chi connectivity index (χ4n) is 0.662. The van der Waals surface area contributed by atoms with Crippen molar-refractivity contribution in [3.05, 3.63) is 30.3 Å². The van der Waals surface area contributed by atoms with Crippen molar-refractivity contribution in [2.24, 2.45) is 0 Å². The van der Waals surface area contributed by atoms with Gasteiger partial charge in [-0.15, -0.1) is 0 Å². The smallest absolute Gasteiger partial charge is 0.341 e. The first-order valence-corrected chi connectivity index (χ1v) is 3.47. The lowest BCUT2D eigenvalue weighted by Crippen LogP contribution is -2.09. The Labute approximate surface area is 75.8 Å². The van der Waals surface area contributed by atoms with E-state index in [1.807, 2.05) is 12.9 Å². The summed E-state index contributed by atoms with van der Waals surface area (Å²) in [5.41, 5.74) is 0. The summed E-state index contributed by atoms with van der Waals surface area (Å²) in [5.74, 6) is -0.385. The number of carbonyl (C=O) groups is 2. The fourth-order valence-corrected chi connectivity index (χ4v) is 0.662. The minimum atomic E-state index is -0.964. The van der Waals surface area contributed by atoms with Gasteiger partial charge in [0, 0.05) is 0 Å². The molecule has 0 unspecified atom stereocenters. The summed E-state index contributed by atoms with van der Waals surface area (Å²) in [7, 11) is 0. The van der Waals surface area contributed by atoms with Crippen molar-refractivity contribution in [3.8, 4) is 5.75 Å². The van der Waals surface area contributed by atoms with Crippen molar-refractivity contribution >= 4 is 12.8 Å². The molecule has 0 radical (unpaired) electrons. The number of hydrogen-bond donors (Lipinski definition) is 1. The average Bonchev–Trinajstić information content (AvgIpc) is 2.19. The predicted molar refractivity (Wildman–Crippen MR) is 46.7 cm³/mol. The Bertz CT molecular complexity index is 245. The van der Waals surface area contributed by atoms with E-state index < -0.39 is 5.97 Å². The van der Waals surface area contributed by atoms with E-state index in [-0.39, 0.29) is 6.61 Å². The number of rotatable bonds is 3. The summed E-state index contributed by atoms with van der Waals surface area (Å²) in [6, 6.07) is 8.84. The van der Waals surface area contributed by atoms with Gasteiger partial charge in [-0.25, -0.2) is 4.79 Å². The topological polar surface area (TPSA) is 63.6 Å². The van der Waals surface area contributed by atoms with Gasteiger partial charge in [-0.3, -0.25) is 0 Å². The summed E-state index contributed by atoms with van der Waals surface area (Å²) in [4.78, 5) is 18.0. The zero-order chi connectivity index (χ0) is 10.1. The zero-order valence-electron chi connectivity index (χ0n) is 6.97. The largest absolute Gasteiger partial charge is 0.482 e. The molecule has 0 aromatic heterocycles. The lowest BCUT2D eigenvalue weighted by atomic mass is 10.3. The molecule has 0 amide bonds. The second kappa shape index (κ2) is 6.84. The van der Waals surface area contributed by atoms with Crippen molar-refractivity contribution in [1.82, 2.24) is 0 Å². The van der Waals surface area contributed by atoms with Crippen LogP contribution < -0.4 is 4.74 Å². The van der Waals surface area contributed by atoms with Crippen LogP contribution in [0.25, 0.3) is 0 Å². The molecule has 1 rings (SSSR count). The van der Waals surface area contributed by atoms with Crippen molar-refractivity contribution in [2.75, 3.05) is 6.61 Å². The summed E-state index contributed by atoms with van der Waals surface area (Å²) >= 11 is 0. The zero-order valence-corrected chi connectivity index (χ0v) is 6.97. The van der Waals surface area contributed by atoms with Crippen LogP contribution in [0.1, 0.15) is 0 Å². The minimum Gasteiger partial charge on any atom is -0.482 e. The number of carbonyl (C=O) groups excluding carboxylic acids is 1. The molecule has 13 heavy (non-hydrogen) atoms. The fraction of sp³-hybridized carbons (Fsp3) is 0.111. The van der Waals surface area contributed by atoms with Crippen LogP contribution in [0, 0.1) is 0 Å². The molecule has 4 nitrogen and oxygen atoms in total. The number of para-hydroxylation sites is 1. The maximum absolute atomic E-state index is 10.0. The molecule has 0 spiro atoms. The number of carboxylic acids is 1. The summed E-state index contributed by atoms with van der Waals surface area (Å²) < 4.78 is 4.87. The Morgan fingerprint density at radius 3 is 2.31 bits per heavy atom. The first kappa shape index (κ1) is 11.2. The third kappa shape index (κ3) is 5.43. The molecule has 0 aliphatic heterocycles. The van der Waals surface area contributed by atoms with Gasteiger partial charge in [-0.1, -0.05) is 18.2 Å². The first-order valence-electron chi connectivity index (χ1n) is 3.47. The molecule has 0 heterocycles. The van der Waals surface area contributed by atoms with Crippen LogP contribution in [0.15, 0.2) is 30.3 Å². The Morgan fingerprint density at radius 1 is 1.31 bits per heavy atom. The van der Waals surface area contributed by atoms with Crippen molar-refractivity contribution in [1.29, 1.82) is 0 Å². The summed E-state index contributed by atoms with van der Waals surface area (Å²) in [6.07, 6.45) is 0. The third-order valence-electron chi connectivity index (χ3n) is 1.11. The molecule has 0 saturated carbocycles. The number of ether oxygens (including phenoxy) is 1. The molecule has 4 heteroatoms. The Morgan fingerprint density at radius 2 is 1.85 bits per heavy atom. The van der Waals surface area contributed by atoms with Gasteiger partial charge in [0.2, 0.25) is 0 Å². The highest BCUT2D eigenvalue weighted by Crippen LogP contribution is 2.07. The molecule has 1 aromatic carbocycles. The van der Waals surface area contributed by atoms with E-state index in [0.717, 1.165) is 0 Å². The normalized spacial score (nSPS) is 8.00. The highest BCUT2D eigenvalue weighted by molar-refractivity contribution is 5.68. The van der Waals surface area contributed by atoms with Gasteiger partial charge < -0.3 is 14.6 Å². The lowest BCUT2D eigenvalue weighted by molar-refractivity contribution is -0.139. The van der Waals surface area contributed by atoms with E-state index in [0.29, 0.717) is 5.75 Å². The molecule has 0 aliphatic rings. The van der Waals surface area contributed by atoms with Crippen molar-refractivity contribution < 1.29 is 19.4 Å². The quantitative estimate of drug-likeness (QED) is 0.756. The van der Waals surface area contributed by atoms with E-state index in [1.54, 1.807) is 24.3 Å². The predicted octanol–water partition coefficient (Wildman–Crippen LogP) is 0.965. The Balaban J connectivity index is 0.000000671. The average molecular weight is 182 g/mol. The molecule has 0 atom stereocenters. The van der Waals surface area contributed by atoms with Gasteiger partial charge >= 0.3 is 5.97 Å². The molecule has 70 valence electrons. The van der Waals surface area contributed by atoms with E-state index in [9.17, 15) is 4.79 Å². The molecular weight excluding hydrogens is 172 g/mol. The summed E-state index contributed by atoms with van der Waals surface area (Å²) in [5, 5.41) is 8.25. The van der Waals surface area contributed by atoms with Gasteiger partial charge in [0.1, 0.15) is 12.5 Å². The van der Waals surface area contributed by atoms with Crippen LogP contribution in [-0.2, 0) is 9.59 Å².